The Bertz CT molecular complexity index is 457. The second kappa shape index (κ2) is 4.69. The van der Waals surface area contributed by atoms with E-state index in [4.69, 9.17) is 11.6 Å². The first kappa shape index (κ1) is 11.2. The van der Waals surface area contributed by atoms with Gasteiger partial charge in [-0.2, -0.15) is 0 Å². The van der Waals surface area contributed by atoms with Crippen molar-refractivity contribution in [2.45, 2.75) is 0 Å². The van der Waals surface area contributed by atoms with Crippen LogP contribution in [0.4, 0.5) is 0 Å². The average molecular weight is 346 g/mol. The van der Waals surface area contributed by atoms with Crippen molar-refractivity contribution in [3.63, 3.8) is 0 Å². The molecule has 0 radical (unpaired) electrons. The molecule has 0 aromatic heterocycles. The number of halogens is 3. The first-order chi connectivity index (χ1) is 7.15. The van der Waals surface area contributed by atoms with E-state index >= 15 is 0 Å². The van der Waals surface area contributed by atoms with Crippen molar-refractivity contribution in [2.75, 3.05) is 0 Å². The van der Waals surface area contributed by atoms with Crippen LogP contribution in [0.15, 0.2) is 51.4 Å². The molecule has 0 unspecified atom stereocenters. The predicted octanol–water partition coefficient (Wildman–Crippen LogP) is 5.53. The largest absolute Gasteiger partial charge is 0.0843 e. The zero-order chi connectivity index (χ0) is 10.8. The van der Waals surface area contributed by atoms with Crippen LogP contribution >= 0.6 is 43.5 Å². The maximum Gasteiger partial charge on any atom is 0.0423 e. The first-order valence-corrected chi connectivity index (χ1v) is 6.33. The van der Waals surface area contributed by atoms with E-state index in [1.165, 1.54) is 0 Å². The van der Waals surface area contributed by atoms with Crippen LogP contribution in [0.2, 0.25) is 5.02 Å². The van der Waals surface area contributed by atoms with Crippen LogP contribution in [0, 0.1) is 0 Å². The van der Waals surface area contributed by atoms with Gasteiger partial charge >= 0.3 is 0 Å². The summed E-state index contributed by atoms with van der Waals surface area (Å²) in [6, 6.07) is 14.0. The van der Waals surface area contributed by atoms with E-state index in [1.807, 2.05) is 24.3 Å². The lowest BCUT2D eigenvalue weighted by Gasteiger charge is -2.03. The van der Waals surface area contributed by atoms with Gasteiger partial charge in [0.15, 0.2) is 0 Å². The summed E-state index contributed by atoms with van der Waals surface area (Å²) >= 11 is 12.8. The van der Waals surface area contributed by atoms with Gasteiger partial charge in [-0.3, -0.25) is 0 Å². The lowest BCUT2D eigenvalue weighted by molar-refractivity contribution is 1.57. The van der Waals surface area contributed by atoms with E-state index in [2.05, 4.69) is 50.1 Å². The van der Waals surface area contributed by atoms with E-state index in [0.717, 1.165) is 25.1 Å². The zero-order valence-corrected chi connectivity index (χ0v) is 11.6. The fourth-order valence-corrected chi connectivity index (χ4v) is 2.49. The topological polar surface area (TPSA) is 0 Å². The summed E-state index contributed by atoms with van der Waals surface area (Å²) in [7, 11) is 0. The van der Waals surface area contributed by atoms with Gasteiger partial charge in [0, 0.05) is 14.0 Å². The summed E-state index contributed by atoms with van der Waals surface area (Å²) in [5, 5.41) is 0.738. The molecule has 0 N–H and O–H groups in total. The maximum atomic E-state index is 5.99. The molecular formula is C12H7Br2Cl. The Hall–Kier alpha value is -0.310. The number of hydrogen-bond acceptors (Lipinski definition) is 0. The number of benzene rings is 2. The van der Waals surface area contributed by atoms with Gasteiger partial charge in [-0.25, -0.2) is 0 Å². The molecule has 0 bridgehead atoms. The zero-order valence-electron chi connectivity index (χ0n) is 7.68. The van der Waals surface area contributed by atoms with E-state index in [9.17, 15) is 0 Å². The standard InChI is InChI=1S/C12H7Br2Cl/c13-10-3-1-8(2-4-10)9-5-11(14)7-12(15)6-9/h1-7H. The van der Waals surface area contributed by atoms with Gasteiger partial charge in [-0.1, -0.05) is 55.6 Å². The van der Waals surface area contributed by atoms with Gasteiger partial charge < -0.3 is 0 Å². The van der Waals surface area contributed by atoms with Gasteiger partial charge in [0.05, 0.1) is 0 Å². The molecule has 0 aliphatic rings. The summed E-state index contributed by atoms with van der Waals surface area (Å²) in [6.45, 7) is 0. The molecule has 0 atom stereocenters. The maximum absolute atomic E-state index is 5.99. The van der Waals surface area contributed by atoms with Crippen molar-refractivity contribution in [3.05, 3.63) is 56.4 Å². The molecule has 3 heteroatoms. The van der Waals surface area contributed by atoms with Crippen molar-refractivity contribution in [2.24, 2.45) is 0 Å². The van der Waals surface area contributed by atoms with Crippen LogP contribution in [0.5, 0.6) is 0 Å². The van der Waals surface area contributed by atoms with E-state index in [0.29, 0.717) is 0 Å². The predicted molar refractivity (Wildman–Crippen MR) is 72.3 cm³/mol. The Morgan fingerprint density at radius 2 is 1.40 bits per heavy atom. The van der Waals surface area contributed by atoms with Crippen molar-refractivity contribution < 1.29 is 0 Å². The second-order valence-corrected chi connectivity index (χ2v) is 5.43. The molecule has 2 aromatic carbocycles. The molecule has 0 aliphatic carbocycles. The quantitative estimate of drug-likeness (QED) is 0.637. The highest BCUT2D eigenvalue weighted by Crippen LogP contribution is 2.28. The molecule has 0 saturated heterocycles. The molecule has 0 saturated carbocycles. The van der Waals surface area contributed by atoms with Crippen molar-refractivity contribution in [3.8, 4) is 11.1 Å². The minimum absolute atomic E-state index is 0.738. The highest BCUT2D eigenvalue weighted by molar-refractivity contribution is 9.10. The molecule has 2 aromatic rings. The van der Waals surface area contributed by atoms with Crippen LogP contribution in [0.1, 0.15) is 0 Å². The van der Waals surface area contributed by atoms with Crippen molar-refractivity contribution in [1.29, 1.82) is 0 Å². The molecule has 0 heterocycles. The second-order valence-electron chi connectivity index (χ2n) is 3.17. The normalized spacial score (nSPS) is 10.3. The summed E-state index contributed by atoms with van der Waals surface area (Å²) in [5.41, 5.74) is 2.27. The highest BCUT2D eigenvalue weighted by Gasteiger charge is 2.00. The van der Waals surface area contributed by atoms with Crippen LogP contribution in [0.3, 0.4) is 0 Å². The van der Waals surface area contributed by atoms with Crippen LogP contribution in [0.25, 0.3) is 11.1 Å². The molecule has 0 spiro atoms. The summed E-state index contributed by atoms with van der Waals surface area (Å²) in [4.78, 5) is 0. The highest BCUT2D eigenvalue weighted by atomic mass is 79.9. The molecule has 0 fully saturated rings. The Balaban J connectivity index is 2.49. The average Bonchev–Trinajstić information content (AvgIpc) is 2.17. The third-order valence-corrected chi connectivity index (χ3v) is 3.24. The summed E-state index contributed by atoms with van der Waals surface area (Å²) in [6.07, 6.45) is 0. The van der Waals surface area contributed by atoms with Crippen LogP contribution in [-0.4, -0.2) is 0 Å². The SMILES string of the molecule is Clc1cc(Br)cc(-c2ccc(Br)cc2)c1. The molecule has 0 aliphatic heterocycles. The minimum atomic E-state index is 0.738. The summed E-state index contributed by atoms with van der Waals surface area (Å²) in [5.74, 6) is 0. The fourth-order valence-electron chi connectivity index (χ4n) is 1.36. The van der Waals surface area contributed by atoms with Gasteiger partial charge in [-0.05, 0) is 41.5 Å². The number of hydrogen-bond donors (Lipinski definition) is 0. The molecule has 15 heavy (non-hydrogen) atoms. The molecule has 0 amide bonds. The number of rotatable bonds is 1. The first-order valence-electron chi connectivity index (χ1n) is 4.37. The lowest BCUT2D eigenvalue weighted by atomic mass is 10.1. The molecule has 0 nitrogen and oxygen atoms in total. The minimum Gasteiger partial charge on any atom is -0.0843 e. The van der Waals surface area contributed by atoms with E-state index in [-0.39, 0.29) is 0 Å². The Morgan fingerprint density at radius 3 is 2.00 bits per heavy atom. The van der Waals surface area contributed by atoms with Gasteiger partial charge in [0.1, 0.15) is 0 Å². The third kappa shape index (κ3) is 2.83. The summed E-state index contributed by atoms with van der Waals surface area (Å²) < 4.78 is 2.07. The van der Waals surface area contributed by atoms with Crippen molar-refractivity contribution >= 4 is 43.5 Å². The lowest BCUT2D eigenvalue weighted by Crippen LogP contribution is -1.78. The Morgan fingerprint density at radius 1 is 0.733 bits per heavy atom. The van der Waals surface area contributed by atoms with Crippen LogP contribution < -0.4 is 0 Å². The van der Waals surface area contributed by atoms with E-state index in [1.54, 1.807) is 0 Å². The fraction of sp³-hybridized carbons (Fsp3) is 0. The molecule has 76 valence electrons. The van der Waals surface area contributed by atoms with Crippen LogP contribution in [-0.2, 0) is 0 Å². The molecular weight excluding hydrogens is 339 g/mol. The van der Waals surface area contributed by atoms with E-state index < -0.39 is 0 Å². The smallest absolute Gasteiger partial charge is 0.0423 e. The van der Waals surface area contributed by atoms with Gasteiger partial charge in [-0.15, -0.1) is 0 Å². The van der Waals surface area contributed by atoms with Crippen molar-refractivity contribution in [1.82, 2.24) is 0 Å². The van der Waals surface area contributed by atoms with Gasteiger partial charge in [0.2, 0.25) is 0 Å². The monoisotopic (exact) mass is 344 g/mol. The Kier molecular flexibility index (Phi) is 3.49. The third-order valence-electron chi connectivity index (χ3n) is 2.04. The Labute approximate surface area is 111 Å². The van der Waals surface area contributed by atoms with Gasteiger partial charge in [0.25, 0.3) is 0 Å². The molecule has 2 rings (SSSR count).